The molecule has 256 valence electrons. The maximum absolute atomic E-state index is 12.4. The molecule has 0 bridgehead atoms. The standard InChI is InChI=1S/C34H50N6O5SSi/c1-7-9-11-23-43-30(41)26-14-18-28(19-15-26)36-33-38-32(35-22-13-25-46(3)45-47(4,5)6)39-34(40-33)37-29-20-16-27(17-21-29)31(42)44-24-12-10-8-2/h14-21H,7-13,22-25H2,1-6H3,(H2-,35,36,37,38,39,40,41,42)/p+1. The van der Waals surface area contributed by atoms with Crippen LogP contribution in [0.1, 0.15) is 79.5 Å². The highest BCUT2D eigenvalue weighted by atomic mass is 32.2. The third-order valence-electron chi connectivity index (χ3n) is 6.63. The summed E-state index contributed by atoms with van der Waals surface area (Å²) in [5.74, 6) is 1.32. The summed E-state index contributed by atoms with van der Waals surface area (Å²) in [5.41, 5.74) is 2.37. The molecule has 0 radical (unpaired) electrons. The number of nitrogens with zero attached hydrogens (tertiary/aromatic N) is 3. The average Bonchev–Trinajstić information content (AvgIpc) is 3.03. The molecule has 0 amide bonds. The summed E-state index contributed by atoms with van der Waals surface area (Å²) < 4.78 is 16.9. The van der Waals surface area contributed by atoms with Crippen molar-refractivity contribution < 1.29 is 22.9 Å². The molecule has 0 aliphatic rings. The predicted molar refractivity (Wildman–Crippen MR) is 195 cm³/mol. The summed E-state index contributed by atoms with van der Waals surface area (Å²) in [7, 11) is -1.58. The van der Waals surface area contributed by atoms with Crippen LogP contribution in [-0.2, 0) is 24.5 Å². The minimum absolute atomic E-state index is 0.0988. The van der Waals surface area contributed by atoms with E-state index < -0.39 is 8.32 Å². The Hall–Kier alpha value is -3.68. The van der Waals surface area contributed by atoms with Crippen LogP contribution in [0.5, 0.6) is 0 Å². The van der Waals surface area contributed by atoms with Gasteiger partial charge in [0.25, 0.3) is 8.32 Å². The van der Waals surface area contributed by atoms with Crippen molar-refractivity contribution in [3.8, 4) is 0 Å². The van der Waals surface area contributed by atoms with Gasteiger partial charge in [0, 0.05) is 24.3 Å². The van der Waals surface area contributed by atoms with Gasteiger partial charge in [0.1, 0.15) is 23.2 Å². The number of unbranched alkanes of at least 4 members (excludes halogenated alkanes) is 4. The number of hydrogen-bond donors (Lipinski definition) is 3. The highest BCUT2D eigenvalue weighted by Crippen LogP contribution is 2.21. The van der Waals surface area contributed by atoms with Gasteiger partial charge in [-0.25, -0.2) is 13.5 Å². The van der Waals surface area contributed by atoms with Gasteiger partial charge in [-0.15, -0.1) is 0 Å². The lowest BCUT2D eigenvalue weighted by atomic mass is 10.2. The predicted octanol–water partition coefficient (Wildman–Crippen LogP) is 7.87. The van der Waals surface area contributed by atoms with Crippen molar-refractivity contribution in [2.24, 2.45) is 0 Å². The van der Waals surface area contributed by atoms with Crippen LogP contribution < -0.4 is 16.0 Å². The van der Waals surface area contributed by atoms with E-state index in [1.807, 2.05) is 0 Å². The normalized spacial score (nSPS) is 11.9. The van der Waals surface area contributed by atoms with E-state index in [0.29, 0.717) is 60.1 Å². The topological polar surface area (TPSA) is 137 Å². The monoisotopic (exact) mass is 683 g/mol. The van der Waals surface area contributed by atoms with Gasteiger partial charge in [0.15, 0.2) is 0 Å². The van der Waals surface area contributed by atoms with Crippen molar-refractivity contribution in [1.29, 1.82) is 0 Å². The fraction of sp³-hybridized carbons (Fsp3) is 0.500. The summed E-state index contributed by atoms with van der Waals surface area (Å²) in [4.78, 5) is 38.5. The van der Waals surface area contributed by atoms with Gasteiger partial charge in [0.05, 0.1) is 24.3 Å². The zero-order chi connectivity index (χ0) is 34.1. The second-order valence-corrected chi connectivity index (χ2v) is 18.6. The van der Waals surface area contributed by atoms with E-state index in [-0.39, 0.29) is 23.1 Å². The first-order valence-electron chi connectivity index (χ1n) is 16.5. The SMILES string of the molecule is CCCCCOC(=O)c1ccc(Nc2nc(NCCC[S+](C)O[Si](C)(C)C)nc(Nc3ccc(C(=O)OCCCCC)cc3)n2)cc1. The van der Waals surface area contributed by atoms with Gasteiger partial charge in [-0.2, -0.15) is 15.0 Å². The molecule has 0 aliphatic carbocycles. The van der Waals surface area contributed by atoms with Crippen LogP contribution in [0.4, 0.5) is 29.2 Å². The minimum atomic E-state index is -1.58. The van der Waals surface area contributed by atoms with Gasteiger partial charge in [-0.3, -0.25) is 0 Å². The van der Waals surface area contributed by atoms with E-state index in [4.69, 9.17) is 13.3 Å². The number of carbonyl (C=O) groups excluding carboxylic acids is 2. The maximum Gasteiger partial charge on any atom is 0.338 e. The fourth-order valence-electron chi connectivity index (χ4n) is 4.35. The van der Waals surface area contributed by atoms with E-state index in [9.17, 15) is 9.59 Å². The molecule has 2 aromatic carbocycles. The second kappa shape index (κ2) is 19.9. The molecule has 3 rings (SSSR count). The molecule has 3 aromatic rings. The Balaban J connectivity index is 1.69. The van der Waals surface area contributed by atoms with Crippen LogP contribution in [0.25, 0.3) is 0 Å². The van der Waals surface area contributed by atoms with Crippen molar-refractivity contribution >= 4 is 60.7 Å². The summed E-state index contributed by atoms with van der Waals surface area (Å²) in [5, 5.41) is 9.74. The molecule has 3 N–H and O–H groups in total. The molecule has 0 saturated carbocycles. The lowest BCUT2D eigenvalue weighted by Gasteiger charge is -2.14. The Morgan fingerprint density at radius 3 is 1.55 bits per heavy atom. The molecule has 0 spiro atoms. The van der Waals surface area contributed by atoms with E-state index in [0.717, 1.165) is 50.7 Å². The molecule has 0 aliphatic heterocycles. The molecule has 1 unspecified atom stereocenters. The lowest BCUT2D eigenvalue weighted by molar-refractivity contribution is 0.0489. The first-order chi connectivity index (χ1) is 22.6. The van der Waals surface area contributed by atoms with Gasteiger partial charge in [0.2, 0.25) is 17.8 Å². The number of ether oxygens (including phenoxy) is 2. The fourth-order valence-corrected chi connectivity index (χ4v) is 8.65. The second-order valence-electron chi connectivity index (χ2n) is 12.2. The van der Waals surface area contributed by atoms with Crippen molar-refractivity contribution in [2.75, 3.05) is 47.7 Å². The molecular formula is C34H51N6O5SSi+. The molecular weight excluding hydrogens is 633 g/mol. The smallest absolute Gasteiger partial charge is 0.338 e. The third kappa shape index (κ3) is 14.7. The zero-order valence-electron chi connectivity index (χ0n) is 28.7. The largest absolute Gasteiger partial charge is 0.462 e. The number of hydrogen-bond acceptors (Lipinski definition) is 11. The molecule has 11 nitrogen and oxygen atoms in total. The van der Waals surface area contributed by atoms with Crippen LogP contribution in [0, 0.1) is 0 Å². The number of aromatic nitrogens is 3. The third-order valence-corrected chi connectivity index (χ3v) is 10.6. The van der Waals surface area contributed by atoms with Crippen LogP contribution >= 0.6 is 0 Å². The van der Waals surface area contributed by atoms with E-state index in [1.54, 1.807) is 48.5 Å². The summed E-state index contributed by atoms with van der Waals surface area (Å²) in [6.07, 6.45) is 8.94. The van der Waals surface area contributed by atoms with Crippen molar-refractivity contribution in [3.63, 3.8) is 0 Å². The van der Waals surface area contributed by atoms with Gasteiger partial charge < -0.3 is 25.4 Å². The summed E-state index contributed by atoms with van der Waals surface area (Å²) >= 11 is -0.0988. The first-order valence-corrected chi connectivity index (χ1v) is 21.6. The molecule has 1 heterocycles. The first kappa shape index (κ1) is 37.8. The van der Waals surface area contributed by atoms with Crippen molar-refractivity contribution in [1.82, 2.24) is 15.0 Å². The number of nitrogens with one attached hydrogen (secondary N) is 3. The van der Waals surface area contributed by atoms with Gasteiger partial charge in [-0.1, -0.05) is 39.5 Å². The number of benzene rings is 2. The van der Waals surface area contributed by atoms with Crippen LogP contribution in [0.15, 0.2) is 48.5 Å². The molecule has 0 fully saturated rings. The highest BCUT2D eigenvalue weighted by molar-refractivity contribution is 7.92. The van der Waals surface area contributed by atoms with E-state index >= 15 is 0 Å². The number of rotatable bonds is 21. The number of anilines is 5. The van der Waals surface area contributed by atoms with Crippen molar-refractivity contribution in [3.05, 3.63) is 59.7 Å². The molecule has 1 aromatic heterocycles. The Kier molecular flexibility index (Phi) is 16.0. The Morgan fingerprint density at radius 1 is 0.681 bits per heavy atom. The van der Waals surface area contributed by atoms with Crippen LogP contribution in [0.3, 0.4) is 0 Å². The zero-order valence-corrected chi connectivity index (χ0v) is 30.5. The minimum Gasteiger partial charge on any atom is -0.462 e. The molecule has 1 atom stereocenters. The van der Waals surface area contributed by atoms with Gasteiger partial charge >= 0.3 is 11.9 Å². The quantitative estimate of drug-likeness (QED) is 0.0438. The average molecular weight is 684 g/mol. The number of esters is 2. The summed E-state index contributed by atoms with van der Waals surface area (Å²) in [6, 6.07) is 14.0. The van der Waals surface area contributed by atoms with Crippen LogP contribution in [-0.4, -0.2) is 67.0 Å². The summed E-state index contributed by atoms with van der Waals surface area (Å²) in [6.45, 7) is 12.3. The molecule has 13 heteroatoms. The van der Waals surface area contributed by atoms with E-state index in [2.05, 4.69) is 70.6 Å². The molecule has 0 saturated heterocycles. The Labute approximate surface area is 283 Å². The van der Waals surface area contributed by atoms with Gasteiger partial charge in [-0.05, 0) is 81.0 Å². The lowest BCUT2D eigenvalue weighted by Crippen LogP contribution is -2.30. The number of carbonyl (C=O) groups is 2. The maximum atomic E-state index is 12.4. The Morgan fingerprint density at radius 2 is 1.13 bits per heavy atom. The van der Waals surface area contributed by atoms with Crippen molar-refractivity contribution in [2.45, 2.75) is 78.4 Å². The highest BCUT2D eigenvalue weighted by Gasteiger charge is 2.26. The van der Waals surface area contributed by atoms with E-state index in [1.165, 1.54) is 0 Å². The van der Waals surface area contributed by atoms with Crippen LogP contribution in [0.2, 0.25) is 19.6 Å². The Bertz CT molecular complexity index is 1300. The molecule has 47 heavy (non-hydrogen) atoms.